The van der Waals surface area contributed by atoms with Crippen molar-refractivity contribution in [2.75, 3.05) is 25.2 Å². The van der Waals surface area contributed by atoms with Gasteiger partial charge in [-0.3, -0.25) is 0 Å². The van der Waals surface area contributed by atoms with Gasteiger partial charge >= 0.3 is 6.03 Å². The van der Waals surface area contributed by atoms with Crippen molar-refractivity contribution in [2.24, 2.45) is 0 Å². The minimum absolute atomic E-state index is 0.0500. The third-order valence-corrected chi connectivity index (χ3v) is 4.27. The number of carbonyl (C=O) groups excluding carboxylic acids is 1. The van der Waals surface area contributed by atoms with Crippen LogP contribution in [0.1, 0.15) is 39.0 Å². The maximum absolute atomic E-state index is 12.3. The number of piperidine rings is 1. The molecule has 0 aromatic heterocycles. The van der Waals surface area contributed by atoms with Crippen LogP contribution in [-0.4, -0.2) is 53.3 Å². The summed E-state index contributed by atoms with van der Waals surface area (Å²) < 4.78 is 0. The number of hydrogen-bond donors (Lipinski definition) is 2. The van der Waals surface area contributed by atoms with Crippen molar-refractivity contribution < 1.29 is 9.90 Å². The van der Waals surface area contributed by atoms with Gasteiger partial charge in [0.05, 0.1) is 0 Å². The summed E-state index contributed by atoms with van der Waals surface area (Å²) in [7, 11) is 0. The zero-order valence-electron chi connectivity index (χ0n) is 11.5. The highest BCUT2D eigenvalue weighted by atomic mass is 32.2. The number of amides is 2. The average molecular weight is 274 g/mol. The van der Waals surface area contributed by atoms with Crippen molar-refractivity contribution in [3.63, 3.8) is 0 Å². The Morgan fingerprint density at radius 3 is 2.94 bits per heavy atom. The molecule has 1 heterocycles. The summed E-state index contributed by atoms with van der Waals surface area (Å²) in [5.74, 6) is 0.959. The van der Waals surface area contributed by atoms with Gasteiger partial charge < -0.3 is 15.3 Å². The van der Waals surface area contributed by atoms with E-state index >= 15 is 0 Å². The fourth-order valence-corrected chi connectivity index (χ4v) is 3.16. The summed E-state index contributed by atoms with van der Waals surface area (Å²) >= 11 is 1.76. The highest BCUT2D eigenvalue weighted by Gasteiger charge is 2.27. The lowest BCUT2D eigenvalue weighted by molar-refractivity contribution is 0.130. The van der Waals surface area contributed by atoms with Gasteiger partial charge in [-0.25, -0.2) is 4.79 Å². The Morgan fingerprint density at radius 1 is 1.56 bits per heavy atom. The molecule has 0 aliphatic carbocycles. The second-order valence-electron chi connectivity index (χ2n) is 4.87. The maximum atomic E-state index is 12.3. The van der Waals surface area contributed by atoms with E-state index in [2.05, 4.69) is 18.5 Å². The van der Waals surface area contributed by atoms with E-state index < -0.39 is 0 Å². The summed E-state index contributed by atoms with van der Waals surface area (Å²) in [5.41, 5.74) is 0. The number of aliphatic hydroxyl groups excluding tert-OH is 1. The Morgan fingerprint density at radius 2 is 2.33 bits per heavy atom. The minimum Gasteiger partial charge on any atom is -0.396 e. The molecular weight excluding hydrogens is 248 g/mol. The Bertz CT molecular complexity index is 249. The van der Waals surface area contributed by atoms with Crippen LogP contribution in [0.25, 0.3) is 0 Å². The fourth-order valence-electron chi connectivity index (χ4n) is 2.44. The molecule has 1 aliphatic heterocycles. The Labute approximate surface area is 115 Å². The molecule has 0 saturated carbocycles. The lowest BCUT2D eigenvalue weighted by atomic mass is 10.00. The third-order valence-electron chi connectivity index (χ3n) is 3.54. The molecule has 18 heavy (non-hydrogen) atoms. The first kappa shape index (κ1) is 15.6. The molecule has 106 valence electrons. The molecule has 2 N–H and O–H groups in total. The van der Waals surface area contributed by atoms with Crippen LogP contribution in [0.2, 0.25) is 0 Å². The minimum atomic E-state index is 0.0500. The molecule has 1 rings (SSSR count). The number of urea groups is 1. The van der Waals surface area contributed by atoms with Crippen molar-refractivity contribution in [1.82, 2.24) is 10.2 Å². The van der Waals surface area contributed by atoms with Crippen LogP contribution in [0.15, 0.2) is 0 Å². The van der Waals surface area contributed by atoms with Crippen molar-refractivity contribution in [1.29, 1.82) is 0 Å². The molecule has 0 aromatic rings. The lowest BCUT2D eigenvalue weighted by Gasteiger charge is -2.36. The Kier molecular flexibility index (Phi) is 7.51. The number of rotatable bonds is 6. The molecule has 0 spiro atoms. The van der Waals surface area contributed by atoms with Crippen molar-refractivity contribution >= 4 is 17.8 Å². The van der Waals surface area contributed by atoms with E-state index in [0.29, 0.717) is 6.42 Å². The molecule has 1 fully saturated rings. The first-order chi connectivity index (χ1) is 8.72. The Balaban J connectivity index is 2.51. The van der Waals surface area contributed by atoms with Crippen LogP contribution < -0.4 is 5.32 Å². The predicted octanol–water partition coefficient (Wildman–Crippen LogP) is 2.07. The number of nitrogens with one attached hydrogen (secondary N) is 1. The molecule has 0 radical (unpaired) electrons. The highest BCUT2D eigenvalue weighted by molar-refractivity contribution is 7.98. The van der Waals surface area contributed by atoms with Crippen molar-refractivity contribution in [2.45, 2.75) is 51.1 Å². The third kappa shape index (κ3) is 4.69. The van der Waals surface area contributed by atoms with Gasteiger partial charge in [0.1, 0.15) is 0 Å². The summed E-state index contributed by atoms with van der Waals surface area (Å²) in [5, 5.41) is 12.2. The van der Waals surface area contributed by atoms with E-state index in [1.54, 1.807) is 11.8 Å². The van der Waals surface area contributed by atoms with E-state index in [9.17, 15) is 4.79 Å². The molecule has 2 atom stereocenters. The normalized spacial score (nSPS) is 21.7. The van der Waals surface area contributed by atoms with Crippen LogP contribution in [0, 0.1) is 0 Å². The van der Waals surface area contributed by atoms with Gasteiger partial charge in [0.25, 0.3) is 0 Å². The quantitative estimate of drug-likeness (QED) is 0.779. The SMILES string of the molecule is CCC(CSC)NC(=O)N1CCCCC1CCO. The number of hydrogen-bond acceptors (Lipinski definition) is 3. The number of likely N-dealkylation sites (tertiary alicyclic amines) is 1. The van der Waals surface area contributed by atoms with Gasteiger partial charge in [0.2, 0.25) is 0 Å². The molecule has 2 unspecified atom stereocenters. The summed E-state index contributed by atoms with van der Waals surface area (Å²) in [4.78, 5) is 14.2. The predicted molar refractivity (Wildman–Crippen MR) is 77.0 cm³/mol. The second kappa shape index (κ2) is 8.64. The van der Waals surface area contributed by atoms with Crippen molar-refractivity contribution in [3.05, 3.63) is 0 Å². The molecule has 0 bridgehead atoms. The standard InChI is InChI=1S/C13H26N2O2S/c1-3-11(10-18-2)14-13(17)15-8-5-4-6-12(15)7-9-16/h11-12,16H,3-10H2,1-2H3,(H,14,17). The van der Waals surface area contributed by atoms with E-state index in [1.807, 2.05) is 4.90 Å². The largest absolute Gasteiger partial charge is 0.396 e. The van der Waals surface area contributed by atoms with Gasteiger partial charge in [-0.1, -0.05) is 6.92 Å². The molecule has 1 saturated heterocycles. The molecule has 2 amide bonds. The average Bonchev–Trinajstić information content (AvgIpc) is 2.39. The van der Waals surface area contributed by atoms with Crippen molar-refractivity contribution in [3.8, 4) is 0 Å². The fraction of sp³-hybridized carbons (Fsp3) is 0.923. The summed E-state index contributed by atoms with van der Waals surface area (Å²) in [6.45, 7) is 3.09. The van der Waals surface area contributed by atoms with Crippen LogP contribution in [0.5, 0.6) is 0 Å². The van der Waals surface area contributed by atoms with E-state index in [1.165, 1.54) is 0 Å². The number of thioether (sulfide) groups is 1. The molecule has 5 heteroatoms. The lowest BCUT2D eigenvalue weighted by Crippen LogP contribution is -2.51. The maximum Gasteiger partial charge on any atom is 0.317 e. The monoisotopic (exact) mass is 274 g/mol. The van der Waals surface area contributed by atoms with E-state index in [-0.39, 0.29) is 24.7 Å². The summed E-state index contributed by atoms with van der Waals surface area (Å²) in [6, 6.07) is 0.522. The van der Waals surface area contributed by atoms with Gasteiger partial charge in [-0.2, -0.15) is 11.8 Å². The van der Waals surface area contributed by atoms with Crippen LogP contribution in [-0.2, 0) is 0 Å². The van der Waals surface area contributed by atoms with Gasteiger partial charge in [-0.05, 0) is 38.4 Å². The van der Waals surface area contributed by atoms with Gasteiger partial charge in [0.15, 0.2) is 0 Å². The first-order valence-corrected chi connectivity index (χ1v) is 8.29. The molecule has 1 aliphatic rings. The smallest absolute Gasteiger partial charge is 0.317 e. The molecular formula is C13H26N2O2S. The van der Waals surface area contributed by atoms with Crippen LogP contribution in [0.4, 0.5) is 4.79 Å². The second-order valence-corrected chi connectivity index (χ2v) is 5.78. The highest BCUT2D eigenvalue weighted by Crippen LogP contribution is 2.19. The molecule has 0 aromatic carbocycles. The van der Waals surface area contributed by atoms with E-state index in [4.69, 9.17) is 5.11 Å². The number of aliphatic hydroxyl groups is 1. The van der Waals surface area contributed by atoms with Crippen LogP contribution >= 0.6 is 11.8 Å². The Hall–Kier alpha value is -0.420. The number of carbonyl (C=O) groups is 1. The topological polar surface area (TPSA) is 52.6 Å². The molecule has 4 nitrogen and oxygen atoms in total. The number of nitrogens with zero attached hydrogens (tertiary/aromatic N) is 1. The van der Waals surface area contributed by atoms with Gasteiger partial charge in [0, 0.05) is 31.0 Å². The zero-order valence-corrected chi connectivity index (χ0v) is 12.3. The first-order valence-electron chi connectivity index (χ1n) is 6.89. The van der Waals surface area contributed by atoms with Gasteiger partial charge in [-0.15, -0.1) is 0 Å². The zero-order chi connectivity index (χ0) is 13.4. The van der Waals surface area contributed by atoms with E-state index in [0.717, 1.165) is 38.0 Å². The van der Waals surface area contributed by atoms with Crippen LogP contribution in [0.3, 0.4) is 0 Å². The summed E-state index contributed by atoms with van der Waals surface area (Å²) in [6.07, 6.45) is 6.99.